The van der Waals surface area contributed by atoms with Gasteiger partial charge in [-0.1, -0.05) is 11.6 Å². The zero-order valence-electron chi connectivity index (χ0n) is 15.5. The molecule has 1 saturated heterocycles. The smallest absolute Gasteiger partial charge is 0.332 e. The molecule has 1 unspecified atom stereocenters. The summed E-state index contributed by atoms with van der Waals surface area (Å²) in [6, 6.07) is 0.239. The highest BCUT2D eigenvalue weighted by Crippen LogP contribution is 2.32. The van der Waals surface area contributed by atoms with E-state index in [9.17, 15) is 9.59 Å². The first-order chi connectivity index (χ1) is 11.8. The van der Waals surface area contributed by atoms with E-state index in [0.29, 0.717) is 18.1 Å². The third-order valence-electron chi connectivity index (χ3n) is 5.11. The zero-order chi connectivity index (χ0) is 18.3. The Kier molecular flexibility index (Phi) is 4.75. The second-order valence-electron chi connectivity index (χ2n) is 7.23. The molecule has 3 heterocycles. The van der Waals surface area contributed by atoms with E-state index >= 15 is 0 Å². The van der Waals surface area contributed by atoms with Gasteiger partial charge in [-0.05, 0) is 26.7 Å². The molecule has 8 nitrogen and oxygen atoms in total. The highest BCUT2D eigenvalue weighted by atomic mass is 16.2. The largest absolute Gasteiger partial charge is 0.337 e. The average molecular weight is 348 g/mol. The number of rotatable bonds is 3. The standard InChI is InChI=1S/C17H28N6O2/c1-11(2)5-10-23-13-14(20(3)17(25)21(4)15(13)24)19-16(23)22-8-6-12(18)7-9-22/h5,12,16,19H,6-10,18H2,1-4H3. The fraction of sp³-hybridized carbons (Fsp3) is 0.647. The molecule has 0 saturated carbocycles. The second kappa shape index (κ2) is 6.68. The van der Waals surface area contributed by atoms with Crippen molar-refractivity contribution in [1.29, 1.82) is 0 Å². The number of fused-ring (bicyclic) bond motifs is 1. The first kappa shape index (κ1) is 17.8. The molecule has 0 aromatic carbocycles. The molecule has 0 radical (unpaired) electrons. The molecule has 0 bridgehead atoms. The predicted octanol–water partition coefficient (Wildman–Crippen LogP) is -0.0112. The Hall–Kier alpha value is -2.06. The summed E-state index contributed by atoms with van der Waals surface area (Å²) >= 11 is 0. The van der Waals surface area contributed by atoms with Crippen LogP contribution in [0.25, 0.3) is 0 Å². The van der Waals surface area contributed by atoms with Gasteiger partial charge in [0.15, 0.2) is 6.29 Å². The highest BCUT2D eigenvalue weighted by molar-refractivity contribution is 5.72. The van der Waals surface area contributed by atoms with Crippen LogP contribution < -0.4 is 27.2 Å². The highest BCUT2D eigenvalue weighted by Gasteiger charge is 2.38. The maximum Gasteiger partial charge on any atom is 0.332 e. The summed E-state index contributed by atoms with van der Waals surface area (Å²) in [5.41, 5.74) is 7.20. The lowest BCUT2D eigenvalue weighted by molar-refractivity contribution is 0.168. The molecule has 138 valence electrons. The number of aromatic nitrogens is 2. The fourth-order valence-electron chi connectivity index (χ4n) is 3.50. The Bertz CT molecular complexity index is 797. The van der Waals surface area contributed by atoms with E-state index in [2.05, 4.69) is 21.2 Å². The number of hydrogen-bond donors (Lipinski definition) is 2. The lowest BCUT2D eigenvalue weighted by Gasteiger charge is -2.39. The maximum absolute atomic E-state index is 12.8. The van der Waals surface area contributed by atoms with Crippen LogP contribution >= 0.6 is 0 Å². The Balaban J connectivity index is 2.04. The van der Waals surface area contributed by atoms with Gasteiger partial charge in [-0.15, -0.1) is 0 Å². The minimum atomic E-state index is -0.320. The molecule has 1 fully saturated rings. The van der Waals surface area contributed by atoms with Crippen molar-refractivity contribution in [2.45, 2.75) is 39.0 Å². The molecule has 8 heteroatoms. The van der Waals surface area contributed by atoms with E-state index in [0.717, 1.165) is 25.9 Å². The normalized spacial score (nSPS) is 21.2. The Morgan fingerprint density at radius 2 is 1.84 bits per heavy atom. The summed E-state index contributed by atoms with van der Waals surface area (Å²) in [6.07, 6.45) is 3.83. The van der Waals surface area contributed by atoms with Crippen molar-refractivity contribution in [3.05, 3.63) is 32.5 Å². The molecule has 2 aliphatic rings. The molecule has 0 aliphatic carbocycles. The van der Waals surface area contributed by atoms with Crippen LogP contribution in [0.5, 0.6) is 0 Å². The summed E-state index contributed by atoms with van der Waals surface area (Å²) in [7, 11) is 3.22. The zero-order valence-corrected chi connectivity index (χ0v) is 15.5. The second-order valence-corrected chi connectivity index (χ2v) is 7.23. The third-order valence-corrected chi connectivity index (χ3v) is 5.11. The first-order valence-electron chi connectivity index (χ1n) is 8.77. The van der Waals surface area contributed by atoms with Gasteiger partial charge in [0.05, 0.1) is 0 Å². The van der Waals surface area contributed by atoms with Gasteiger partial charge in [0.25, 0.3) is 5.56 Å². The van der Waals surface area contributed by atoms with Crippen molar-refractivity contribution in [2.75, 3.05) is 29.9 Å². The summed E-state index contributed by atoms with van der Waals surface area (Å²) < 4.78 is 2.69. The van der Waals surface area contributed by atoms with E-state index < -0.39 is 0 Å². The van der Waals surface area contributed by atoms with E-state index in [4.69, 9.17) is 5.73 Å². The van der Waals surface area contributed by atoms with Crippen LogP contribution in [-0.4, -0.2) is 46.0 Å². The van der Waals surface area contributed by atoms with Gasteiger partial charge < -0.3 is 16.0 Å². The number of likely N-dealkylation sites (tertiary alicyclic amines) is 1. The molecule has 1 aromatic heterocycles. The maximum atomic E-state index is 12.8. The Morgan fingerprint density at radius 3 is 2.44 bits per heavy atom. The molecular formula is C17H28N6O2. The van der Waals surface area contributed by atoms with Crippen molar-refractivity contribution in [1.82, 2.24) is 14.0 Å². The van der Waals surface area contributed by atoms with Gasteiger partial charge in [-0.2, -0.15) is 0 Å². The molecule has 2 aliphatic heterocycles. The van der Waals surface area contributed by atoms with E-state index in [1.165, 1.54) is 21.8 Å². The van der Waals surface area contributed by atoms with Crippen LogP contribution in [0.1, 0.15) is 26.7 Å². The summed E-state index contributed by atoms with van der Waals surface area (Å²) in [5.74, 6) is 0.593. The molecule has 25 heavy (non-hydrogen) atoms. The van der Waals surface area contributed by atoms with Gasteiger partial charge in [0, 0.05) is 39.8 Å². The van der Waals surface area contributed by atoms with Gasteiger partial charge in [0.1, 0.15) is 11.5 Å². The number of hydrogen-bond acceptors (Lipinski definition) is 6. The van der Waals surface area contributed by atoms with Crippen molar-refractivity contribution in [2.24, 2.45) is 19.8 Å². The minimum Gasteiger partial charge on any atom is -0.337 e. The van der Waals surface area contributed by atoms with Crippen LogP contribution in [-0.2, 0) is 14.1 Å². The van der Waals surface area contributed by atoms with Gasteiger partial charge in [0.2, 0.25) is 0 Å². The van der Waals surface area contributed by atoms with Gasteiger partial charge in [-0.25, -0.2) is 4.79 Å². The number of nitrogens with one attached hydrogen (secondary N) is 1. The molecular weight excluding hydrogens is 320 g/mol. The van der Waals surface area contributed by atoms with Crippen LogP contribution in [0.4, 0.5) is 11.5 Å². The summed E-state index contributed by atoms with van der Waals surface area (Å²) in [4.78, 5) is 29.4. The van der Waals surface area contributed by atoms with Crippen molar-refractivity contribution < 1.29 is 0 Å². The first-order valence-corrected chi connectivity index (χ1v) is 8.77. The quantitative estimate of drug-likeness (QED) is 0.747. The molecule has 0 amide bonds. The molecule has 0 spiro atoms. The topological polar surface area (TPSA) is 88.5 Å². The number of anilines is 2. The van der Waals surface area contributed by atoms with Crippen LogP contribution in [0.15, 0.2) is 21.2 Å². The van der Waals surface area contributed by atoms with Crippen molar-refractivity contribution in [3.63, 3.8) is 0 Å². The van der Waals surface area contributed by atoms with Crippen LogP contribution in [0, 0.1) is 0 Å². The van der Waals surface area contributed by atoms with Crippen LogP contribution in [0.2, 0.25) is 0 Å². The number of nitrogens with zero attached hydrogens (tertiary/aromatic N) is 4. The van der Waals surface area contributed by atoms with E-state index in [-0.39, 0.29) is 23.6 Å². The number of piperidine rings is 1. The lowest BCUT2D eigenvalue weighted by atomic mass is 10.1. The molecule has 1 aromatic rings. The SMILES string of the molecule is CC(C)=CCN1c2c(n(C)c(=O)n(C)c2=O)NC1N1CCC(N)CC1. The number of nitrogens with two attached hydrogens (primary N) is 1. The monoisotopic (exact) mass is 348 g/mol. The van der Waals surface area contributed by atoms with Gasteiger partial charge >= 0.3 is 5.69 Å². The van der Waals surface area contributed by atoms with Crippen LogP contribution in [0.3, 0.4) is 0 Å². The van der Waals surface area contributed by atoms with E-state index in [1.54, 1.807) is 7.05 Å². The fourth-order valence-corrected chi connectivity index (χ4v) is 3.50. The Morgan fingerprint density at radius 1 is 1.20 bits per heavy atom. The summed E-state index contributed by atoms with van der Waals surface area (Å²) in [5, 5.41) is 3.40. The molecule has 3 rings (SSSR count). The Labute approximate surface area is 147 Å². The third kappa shape index (κ3) is 3.11. The predicted molar refractivity (Wildman–Crippen MR) is 99.9 cm³/mol. The van der Waals surface area contributed by atoms with Crippen molar-refractivity contribution >= 4 is 11.5 Å². The number of allylic oxidation sites excluding steroid dienone is 1. The van der Waals surface area contributed by atoms with E-state index in [1.807, 2.05) is 13.8 Å². The molecule has 3 N–H and O–H groups in total. The minimum absolute atomic E-state index is 0.140. The summed E-state index contributed by atoms with van der Waals surface area (Å²) in [6.45, 7) is 6.43. The lowest BCUT2D eigenvalue weighted by Crippen LogP contribution is -2.54. The van der Waals surface area contributed by atoms with Gasteiger partial charge in [-0.3, -0.25) is 18.8 Å². The molecule has 1 atom stereocenters. The average Bonchev–Trinajstić information content (AvgIpc) is 2.96. The van der Waals surface area contributed by atoms with Crippen molar-refractivity contribution in [3.8, 4) is 0 Å².